The number of hydrogen-bond acceptors (Lipinski definition) is 4. The molecule has 0 amide bonds. The van der Waals surface area contributed by atoms with Gasteiger partial charge in [0.25, 0.3) is 0 Å². The van der Waals surface area contributed by atoms with Crippen LogP contribution in [0.5, 0.6) is 0 Å². The molecule has 3 radical (unpaired) electrons. The second-order valence-corrected chi connectivity index (χ2v) is 20.2. The van der Waals surface area contributed by atoms with E-state index >= 15 is 0 Å². The van der Waals surface area contributed by atoms with Gasteiger partial charge < -0.3 is 16.2 Å². The van der Waals surface area contributed by atoms with Crippen LogP contribution in [0.25, 0.3) is 22.3 Å². The summed E-state index contributed by atoms with van der Waals surface area (Å²) < 4.78 is 11.1. The first-order chi connectivity index (χ1) is 36.4. The van der Waals surface area contributed by atoms with Crippen LogP contribution in [0.1, 0.15) is 148 Å². The Kier molecular flexibility index (Phi) is 25.8. The molecule has 0 aromatic heterocycles. The molecule has 1 saturated heterocycles. The standard InChI is InChI=1S/2C26H18.C7H15BO2.2C3H5N.C3H8.C2H5.3Y/c2*1-5-13-22-18(9-1)17-19-10-2-6-14-23(19)26(22)24-15-7-3-11-20(24)21-12-4-8-16-25(21)26;1-6(2)7(3,4)10-8(5)9-6;2*1-2-3-4;1-3-2;1-2;;;/h2*1-16H,17H2;1-5H3;2*2H2,1H3;3H2,1-2H3;1H2,2H3;;;/q;;;;;;-1;;;. The van der Waals surface area contributed by atoms with Crippen molar-refractivity contribution in [1.82, 2.24) is 0 Å². The van der Waals surface area contributed by atoms with Gasteiger partial charge in [0.05, 0.1) is 34.2 Å². The van der Waals surface area contributed by atoms with Gasteiger partial charge in [-0.1, -0.05) is 228 Å². The Morgan fingerprint density at radius 3 is 0.744 bits per heavy atom. The first kappa shape index (κ1) is 66.5. The number of benzene rings is 8. The van der Waals surface area contributed by atoms with Gasteiger partial charge in [-0.25, -0.2) is 0 Å². The predicted molar refractivity (Wildman–Crippen MR) is 314 cm³/mol. The molecule has 0 saturated carbocycles. The minimum Gasteiger partial charge on any atom is -0.403 e. The van der Waals surface area contributed by atoms with Crippen LogP contribution in [0.15, 0.2) is 194 Å². The van der Waals surface area contributed by atoms with Gasteiger partial charge in [-0.05, 0) is 136 Å². The summed E-state index contributed by atoms with van der Waals surface area (Å²) >= 11 is 0. The molecule has 8 aromatic rings. The Morgan fingerprint density at radius 2 is 0.564 bits per heavy atom. The van der Waals surface area contributed by atoms with Crippen LogP contribution in [-0.4, -0.2) is 18.3 Å². The summed E-state index contributed by atoms with van der Waals surface area (Å²) in [5, 5.41) is 15.2. The first-order valence-electron chi connectivity index (χ1n) is 26.9. The van der Waals surface area contributed by atoms with Gasteiger partial charge in [-0.3, -0.25) is 0 Å². The maximum atomic E-state index is 7.62. The van der Waals surface area contributed by atoms with Crippen molar-refractivity contribution < 1.29 is 107 Å². The molecule has 0 atom stereocenters. The Labute approximate surface area is 544 Å². The maximum absolute atomic E-state index is 7.62. The van der Waals surface area contributed by atoms with Crippen molar-refractivity contribution in [2.75, 3.05) is 0 Å². The van der Waals surface area contributed by atoms with Crippen LogP contribution in [0.2, 0.25) is 6.82 Å². The molecule has 5 aliphatic rings. The molecule has 1 aliphatic heterocycles. The van der Waals surface area contributed by atoms with Crippen molar-refractivity contribution >= 4 is 7.12 Å². The second-order valence-electron chi connectivity index (χ2n) is 20.2. The first-order valence-corrected chi connectivity index (χ1v) is 26.9. The molecule has 4 aliphatic carbocycles. The van der Waals surface area contributed by atoms with Gasteiger partial charge >= 0.3 is 7.12 Å². The van der Waals surface area contributed by atoms with E-state index in [9.17, 15) is 0 Å². The largest absolute Gasteiger partial charge is 0.454 e. The quantitative estimate of drug-likeness (QED) is 0.112. The number of hydrogen-bond donors (Lipinski definition) is 0. The fourth-order valence-electron chi connectivity index (χ4n) is 11.6. The van der Waals surface area contributed by atoms with Crippen LogP contribution in [0, 0.1) is 29.6 Å². The van der Waals surface area contributed by atoms with Crippen LogP contribution >= 0.6 is 0 Å². The number of nitriles is 2. The van der Waals surface area contributed by atoms with E-state index < -0.39 is 0 Å². The van der Waals surface area contributed by atoms with E-state index in [0.29, 0.717) is 12.8 Å². The van der Waals surface area contributed by atoms with Crippen LogP contribution < -0.4 is 0 Å². The van der Waals surface area contributed by atoms with Crippen molar-refractivity contribution in [3.8, 4) is 34.4 Å². The average Bonchev–Trinajstić information content (AvgIpc) is 4.06. The van der Waals surface area contributed by atoms with Crippen LogP contribution in [0.4, 0.5) is 0 Å². The Hall–Kier alpha value is -3.96. The molecule has 0 N–H and O–H groups in total. The third-order valence-electron chi connectivity index (χ3n) is 15.0. The fraction of sp³-hybridized carbons (Fsp3) is 0.271. The average molecular weight is 1250 g/mol. The summed E-state index contributed by atoms with van der Waals surface area (Å²) in [5.74, 6) is 0. The van der Waals surface area contributed by atoms with Crippen LogP contribution in [0.3, 0.4) is 0 Å². The van der Waals surface area contributed by atoms with Crippen molar-refractivity contribution in [3.05, 3.63) is 268 Å². The van der Waals surface area contributed by atoms with Gasteiger partial charge in [-0.15, -0.1) is 0 Å². The van der Waals surface area contributed by atoms with Crippen molar-refractivity contribution in [2.45, 2.75) is 123 Å². The molecule has 389 valence electrons. The maximum Gasteiger partial charge on any atom is 0.454 e. The van der Waals surface area contributed by atoms with E-state index in [-0.39, 0.29) is 127 Å². The Bertz CT molecular complexity index is 2910. The SMILES string of the molecule is CB1OC(C)(C)C(C)(C)O1.CCC.CCC#N.CCC#N.[CH2-]C.[Y].[Y].[Y].c1ccc2c(c1)Cc1ccccc1C21c2ccccc2-c2ccccc21.c1ccc2c(c1)Cc1ccccc1C21c2ccccc2-c2ccccc21. The van der Waals surface area contributed by atoms with Gasteiger partial charge in [0.15, 0.2) is 0 Å². The molecule has 1 fully saturated rings. The van der Waals surface area contributed by atoms with Crippen LogP contribution in [-0.2, 0) is 131 Å². The van der Waals surface area contributed by atoms with Crippen molar-refractivity contribution in [3.63, 3.8) is 0 Å². The number of rotatable bonds is 0. The summed E-state index contributed by atoms with van der Waals surface area (Å²) in [4.78, 5) is 0. The monoisotopic (exact) mass is 1250 g/mol. The molecule has 4 nitrogen and oxygen atoms in total. The van der Waals surface area contributed by atoms with Gasteiger partial charge in [0, 0.05) is 111 Å². The third-order valence-corrected chi connectivity index (χ3v) is 15.0. The molecule has 2 spiro atoms. The Balaban J connectivity index is 0.000000237. The minimum atomic E-state index is -0.196. The molecule has 0 unspecified atom stereocenters. The molecular formula is C70H74BN2O2Y3-. The van der Waals surface area contributed by atoms with Gasteiger partial charge in [0.1, 0.15) is 0 Å². The molecule has 0 bridgehead atoms. The van der Waals surface area contributed by atoms with E-state index in [4.69, 9.17) is 19.8 Å². The normalized spacial score (nSPS) is 14.6. The summed E-state index contributed by atoms with van der Waals surface area (Å²) in [6.07, 6.45) is 4.52. The smallest absolute Gasteiger partial charge is 0.403 e. The minimum absolute atomic E-state index is 0. The van der Waals surface area contributed by atoms with Crippen molar-refractivity contribution in [2.24, 2.45) is 0 Å². The zero-order valence-electron chi connectivity index (χ0n) is 47.7. The van der Waals surface area contributed by atoms with E-state index in [2.05, 4.69) is 243 Å². The Morgan fingerprint density at radius 1 is 0.385 bits per heavy atom. The topological polar surface area (TPSA) is 66.0 Å². The second kappa shape index (κ2) is 30.2. The molecular weight excluding hydrogens is 1180 g/mol. The van der Waals surface area contributed by atoms with E-state index in [1.807, 2.05) is 32.8 Å². The van der Waals surface area contributed by atoms with E-state index in [1.165, 1.54) is 95.4 Å². The van der Waals surface area contributed by atoms with E-state index in [1.54, 1.807) is 6.92 Å². The summed E-state index contributed by atoms with van der Waals surface area (Å²) in [6.45, 7) is 23.0. The zero-order chi connectivity index (χ0) is 53.8. The molecule has 8 heteroatoms. The third kappa shape index (κ3) is 12.7. The molecule has 8 aromatic carbocycles. The molecule has 78 heavy (non-hydrogen) atoms. The van der Waals surface area contributed by atoms with Gasteiger partial charge in [-0.2, -0.15) is 17.4 Å². The number of nitrogens with zero attached hydrogens (tertiary/aromatic N) is 2. The van der Waals surface area contributed by atoms with Crippen molar-refractivity contribution in [1.29, 1.82) is 10.5 Å². The summed E-state index contributed by atoms with van der Waals surface area (Å²) in [5.41, 5.74) is 22.0. The molecule has 13 rings (SSSR count). The fourth-order valence-corrected chi connectivity index (χ4v) is 11.6. The predicted octanol–water partition coefficient (Wildman–Crippen LogP) is 17.7. The molecule has 1 heterocycles. The summed E-state index contributed by atoms with van der Waals surface area (Å²) in [6, 6.07) is 75.7. The summed E-state index contributed by atoms with van der Waals surface area (Å²) in [7, 11) is -0.0648. The van der Waals surface area contributed by atoms with Gasteiger partial charge in [0.2, 0.25) is 0 Å². The van der Waals surface area contributed by atoms with E-state index in [0.717, 1.165) is 12.8 Å². The number of fused-ring (bicyclic) bond motifs is 18. The zero-order valence-corrected chi connectivity index (χ0v) is 56.3.